The Kier molecular flexibility index (Phi) is 8.06. The first-order valence-electron chi connectivity index (χ1n) is 6.16. The van der Waals surface area contributed by atoms with Gasteiger partial charge in [-0.15, -0.1) is 12.4 Å². The average molecular weight is 345 g/mol. The maximum Gasteiger partial charge on any atom is 0.417 e. The summed E-state index contributed by atoms with van der Waals surface area (Å²) in [4.78, 5) is 13.6. The minimum Gasteiger partial charge on any atom is -0.325 e. The number of carbonyl (C=O) groups is 1. The minimum absolute atomic E-state index is 0. The lowest BCUT2D eigenvalue weighted by Gasteiger charge is -2.17. The smallest absolute Gasteiger partial charge is 0.325 e. The number of alkyl halides is 3. The van der Waals surface area contributed by atoms with Gasteiger partial charge in [0.25, 0.3) is 0 Å². The van der Waals surface area contributed by atoms with Gasteiger partial charge in [0.15, 0.2) is 0 Å². The molecule has 0 unspecified atom stereocenters. The van der Waals surface area contributed by atoms with Gasteiger partial charge in [-0.2, -0.15) is 13.2 Å². The Morgan fingerprint density at radius 1 is 1.29 bits per heavy atom. The van der Waals surface area contributed by atoms with Gasteiger partial charge in [0.2, 0.25) is 5.91 Å². The van der Waals surface area contributed by atoms with Crippen molar-refractivity contribution in [1.29, 1.82) is 0 Å². The SMILES string of the molecule is CCN(CC)CC(=O)Nc1ccc(Cl)c(C(F)(F)F)c1.Cl. The van der Waals surface area contributed by atoms with E-state index in [1.54, 1.807) is 0 Å². The molecule has 0 aliphatic rings. The maximum atomic E-state index is 12.7. The fraction of sp³-hybridized carbons (Fsp3) is 0.462. The van der Waals surface area contributed by atoms with Crippen LogP contribution in [-0.4, -0.2) is 30.4 Å². The summed E-state index contributed by atoms with van der Waals surface area (Å²) in [6, 6.07) is 3.30. The van der Waals surface area contributed by atoms with E-state index in [0.29, 0.717) is 13.1 Å². The first kappa shape index (κ1) is 20.0. The van der Waals surface area contributed by atoms with Gasteiger partial charge >= 0.3 is 6.18 Å². The Bertz CT molecular complexity index is 477. The zero-order valence-corrected chi connectivity index (χ0v) is 13.2. The van der Waals surface area contributed by atoms with Crippen LogP contribution in [0.15, 0.2) is 18.2 Å². The average Bonchev–Trinajstić information content (AvgIpc) is 2.37. The van der Waals surface area contributed by atoms with E-state index in [4.69, 9.17) is 11.6 Å². The van der Waals surface area contributed by atoms with Gasteiger partial charge in [-0.25, -0.2) is 0 Å². The number of rotatable bonds is 5. The van der Waals surface area contributed by atoms with Crippen molar-refractivity contribution < 1.29 is 18.0 Å². The number of amides is 1. The number of benzene rings is 1. The van der Waals surface area contributed by atoms with Crippen LogP contribution in [0.5, 0.6) is 0 Å². The topological polar surface area (TPSA) is 32.3 Å². The van der Waals surface area contributed by atoms with Gasteiger partial charge < -0.3 is 5.32 Å². The molecule has 0 aliphatic carbocycles. The number of halogens is 5. The van der Waals surface area contributed by atoms with E-state index in [-0.39, 0.29) is 35.6 Å². The first-order chi connectivity index (χ1) is 9.27. The lowest BCUT2D eigenvalue weighted by atomic mass is 10.2. The molecule has 0 saturated carbocycles. The summed E-state index contributed by atoms with van der Waals surface area (Å²) in [5.74, 6) is -0.357. The Balaban J connectivity index is 0.00000400. The Morgan fingerprint density at radius 2 is 1.86 bits per heavy atom. The highest BCUT2D eigenvalue weighted by molar-refractivity contribution is 6.31. The number of nitrogens with zero attached hydrogens (tertiary/aromatic N) is 1. The van der Waals surface area contributed by atoms with E-state index in [1.165, 1.54) is 6.07 Å². The number of nitrogens with one attached hydrogen (secondary N) is 1. The second-order valence-electron chi connectivity index (χ2n) is 4.20. The van der Waals surface area contributed by atoms with Crippen LogP contribution in [0.2, 0.25) is 5.02 Å². The number of anilines is 1. The molecule has 0 heterocycles. The third-order valence-corrected chi connectivity index (χ3v) is 3.15. The predicted molar refractivity (Wildman–Crippen MR) is 80.1 cm³/mol. The van der Waals surface area contributed by atoms with Gasteiger partial charge in [-0.05, 0) is 31.3 Å². The van der Waals surface area contributed by atoms with Crippen molar-refractivity contribution >= 4 is 35.6 Å². The molecule has 3 nitrogen and oxygen atoms in total. The van der Waals surface area contributed by atoms with Gasteiger partial charge in [0.05, 0.1) is 17.1 Å². The molecule has 0 bridgehead atoms. The second-order valence-corrected chi connectivity index (χ2v) is 4.61. The highest BCUT2D eigenvalue weighted by Gasteiger charge is 2.33. The van der Waals surface area contributed by atoms with Gasteiger partial charge in [0, 0.05) is 5.69 Å². The van der Waals surface area contributed by atoms with E-state index in [9.17, 15) is 18.0 Å². The Morgan fingerprint density at radius 3 is 2.33 bits per heavy atom. The summed E-state index contributed by atoms with van der Waals surface area (Å²) < 4.78 is 38.0. The zero-order chi connectivity index (χ0) is 15.3. The summed E-state index contributed by atoms with van der Waals surface area (Å²) in [6.07, 6.45) is -4.54. The molecule has 1 aromatic carbocycles. The molecule has 0 atom stereocenters. The number of hydrogen-bond acceptors (Lipinski definition) is 2. The second kappa shape index (κ2) is 8.46. The van der Waals surface area contributed by atoms with Crippen molar-refractivity contribution in [3.63, 3.8) is 0 Å². The molecular formula is C13H17Cl2F3N2O. The van der Waals surface area contributed by atoms with Crippen LogP contribution in [0.25, 0.3) is 0 Å². The van der Waals surface area contributed by atoms with E-state index < -0.39 is 11.7 Å². The van der Waals surface area contributed by atoms with Gasteiger partial charge in [-0.3, -0.25) is 9.69 Å². The van der Waals surface area contributed by atoms with E-state index in [1.807, 2.05) is 18.7 Å². The van der Waals surface area contributed by atoms with Crippen molar-refractivity contribution in [2.24, 2.45) is 0 Å². The van der Waals surface area contributed by atoms with Crippen LogP contribution in [0.4, 0.5) is 18.9 Å². The molecule has 1 rings (SSSR count). The van der Waals surface area contributed by atoms with Crippen LogP contribution >= 0.6 is 24.0 Å². The standard InChI is InChI=1S/C13H16ClF3N2O.ClH/c1-3-19(4-2)8-12(20)18-9-5-6-11(14)10(7-9)13(15,16)17;/h5-7H,3-4,8H2,1-2H3,(H,18,20);1H. The van der Waals surface area contributed by atoms with Crippen molar-refractivity contribution in [3.8, 4) is 0 Å². The molecule has 1 N–H and O–H groups in total. The largest absolute Gasteiger partial charge is 0.417 e. The third-order valence-electron chi connectivity index (χ3n) is 2.82. The molecule has 0 aromatic heterocycles. The molecule has 21 heavy (non-hydrogen) atoms. The van der Waals surface area contributed by atoms with Crippen molar-refractivity contribution in [2.45, 2.75) is 20.0 Å². The van der Waals surface area contributed by atoms with Crippen LogP contribution < -0.4 is 5.32 Å². The van der Waals surface area contributed by atoms with Crippen molar-refractivity contribution in [2.75, 3.05) is 25.0 Å². The number of carbonyl (C=O) groups excluding carboxylic acids is 1. The summed E-state index contributed by atoms with van der Waals surface area (Å²) in [5, 5.41) is 2.05. The summed E-state index contributed by atoms with van der Waals surface area (Å²) in [6.45, 7) is 5.33. The normalized spacial score (nSPS) is 11.2. The van der Waals surface area contributed by atoms with Crippen LogP contribution in [0.3, 0.4) is 0 Å². The maximum absolute atomic E-state index is 12.7. The number of likely N-dealkylation sites (N-methyl/N-ethyl adjacent to an activating group) is 1. The van der Waals surface area contributed by atoms with Crippen LogP contribution in [0.1, 0.15) is 19.4 Å². The molecule has 0 spiro atoms. The van der Waals surface area contributed by atoms with Crippen LogP contribution in [0, 0.1) is 0 Å². The number of hydrogen-bond donors (Lipinski definition) is 1. The zero-order valence-electron chi connectivity index (χ0n) is 11.6. The summed E-state index contributed by atoms with van der Waals surface area (Å²) in [5.41, 5.74) is -0.876. The molecule has 0 saturated heterocycles. The van der Waals surface area contributed by atoms with Crippen molar-refractivity contribution in [1.82, 2.24) is 4.90 Å². The summed E-state index contributed by atoms with van der Waals surface area (Å²) in [7, 11) is 0. The van der Waals surface area contributed by atoms with E-state index in [2.05, 4.69) is 5.32 Å². The highest BCUT2D eigenvalue weighted by Crippen LogP contribution is 2.36. The highest BCUT2D eigenvalue weighted by atomic mass is 35.5. The third kappa shape index (κ3) is 6.11. The van der Waals surface area contributed by atoms with E-state index in [0.717, 1.165) is 12.1 Å². The predicted octanol–water partition coefficient (Wildman–Crippen LogP) is 4.06. The van der Waals surface area contributed by atoms with Crippen LogP contribution in [-0.2, 0) is 11.0 Å². The fourth-order valence-electron chi connectivity index (χ4n) is 1.67. The molecule has 0 radical (unpaired) electrons. The fourth-order valence-corrected chi connectivity index (χ4v) is 1.90. The quantitative estimate of drug-likeness (QED) is 0.873. The molecule has 0 aliphatic heterocycles. The van der Waals surface area contributed by atoms with E-state index >= 15 is 0 Å². The molecule has 0 fully saturated rings. The van der Waals surface area contributed by atoms with Crippen molar-refractivity contribution in [3.05, 3.63) is 28.8 Å². The van der Waals surface area contributed by atoms with Gasteiger partial charge in [0.1, 0.15) is 0 Å². The molecule has 120 valence electrons. The minimum atomic E-state index is -4.54. The lowest BCUT2D eigenvalue weighted by molar-refractivity contribution is -0.137. The molecule has 8 heteroatoms. The van der Waals surface area contributed by atoms with Gasteiger partial charge in [-0.1, -0.05) is 25.4 Å². The lowest BCUT2D eigenvalue weighted by Crippen LogP contribution is -2.32. The monoisotopic (exact) mass is 344 g/mol. The summed E-state index contributed by atoms with van der Waals surface area (Å²) >= 11 is 5.51. The Labute approximate surface area is 132 Å². The molecule has 1 aromatic rings. The molecule has 1 amide bonds. The molecular weight excluding hydrogens is 328 g/mol. The Hall–Kier alpha value is -0.980. The first-order valence-corrected chi connectivity index (χ1v) is 6.54.